The topological polar surface area (TPSA) is 63.4 Å². The minimum atomic E-state index is -0.581. The largest absolute Gasteiger partial charge is 0.455 e. The summed E-state index contributed by atoms with van der Waals surface area (Å²) in [5.41, 5.74) is -0.553. The van der Waals surface area contributed by atoms with Crippen molar-refractivity contribution >= 4 is 28.9 Å². The fourth-order valence-electron chi connectivity index (χ4n) is 0.652. The summed E-state index contributed by atoms with van der Waals surface area (Å²) in [5.74, 6) is -0.581. The van der Waals surface area contributed by atoms with Crippen molar-refractivity contribution in [2.24, 2.45) is 15.4 Å². The van der Waals surface area contributed by atoms with Crippen molar-refractivity contribution in [3.8, 4) is 0 Å². The van der Waals surface area contributed by atoms with E-state index in [2.05, 4.69) is 15.4 Å². The van der Waals surface area contributed by atoms with Gasteiger partial charge in [0, 0.05) is 0 Å². The lowest BCUT2D eigenvalue weighted by atomic mass is 10.2. The lowest BCUT2D eigenvalue weighted by molar-refractivity contribution is -0.145. The van der Waals surface area contributed by atoms with E-state index in [4.69, 9.17) is 17.0 Å². The summed E-state index contributed by atoms with van der Waals surface area (Å²) in [6, 6.07) is 0. The number of carbonyl (C=O) groups excluding carboxylic acids is 1. The van der Waals surface area contributed by atoms with Crippen LogP contribution in [-0.2, 0) is 9.53 Å². The molecule has 13 heavy (non-hydrogen) atoms. The molecule has 0 radical (unpaired) electrons. The molecule has 0 fully saturated rings. The van der Waals surface area contributed by atoms with Gasteiger partial charge in [-0.2, -0.15) is 0 Å². The molecular weight excluding hydrogens is 190 g/mol. The van der Waals surface area contributed by atoms with Crippen molar-refractivity contribution in [3.05, 3.63) is 0 Å². The van der Waals surface area contributed by atoms with Crippen molar-refractivity contribution < 1.29 is 9.53 Å². The van der Waals surface area contributed by atoms with Crippen LogP contribution in [0.5, 0.6) is 0 Å². The van der Waals surface area contributed by atoms with Gasteiger partial charge in [-0.1, -0.05) is 12.2 Å². The molecule has 0 atom stereocenters. The zero-order valence-electron chi connectivity index (χ0n) is 7.57. The first-order chi connectivity index (χ1) is 5.90. The average molecular weight is 199 g/mol. The summed E-state index contributed by atoms with van der Waals surface area (Å²) in [6.45, 7) is 5.28. The third-order valence-corrected chi connectivity index (χ3v) is 1.35. The van der Waals surface area contributed by atoms with Gasteiger partial charge >= 0.3 is 5.97 Å². The highest BCUT2D eigenvalue weighted by molar-refractivity contribution is 7.82. The molecule has 1 aliphatic heterocycles. The molecule has 0 saturated carbocycles. The zero-order chi connectivity index (χ0) is 10.1. The summed E-state index contributed by atoms with van der Waals surface area (Å²) in [4.78, 5) is 11.4. The number of nitrogens with zero attached hydrogens (tertiary/aromatic N) is 3. The van der Waals surface area contributed by atoms with Crippen molar-refractivity contribution in [1.82, 2.24) is 0 Å². The van der Waals surface area contributed by atoms with Gasteiger partial charge in [0.2, 0.25) is 5.71 Å². The van der Waals surface area contributed by atoms with Crippen LogP contribution < -0.4 is 0 Å². The normalized spacial score (nSPS) is 15.9. The molecule has 5 nitrogen and oxygen atoms in total. The first-order valence-corrected chi connectivity index (χ1v) is 4.07. The summed E-state index contributed by atoms with van der Waals surface area (Å²) >= 11 is 4.71. The Morgan fingerprint density at radius 1 is 1.46 bits per heavy atom. The van der Waals surface area contributed by atoms with E-state index >= 15 is 0 Å². The van der Waals surface area contributed by atoms with E-state index in [1.165, 1.54) is 0 Å². The number of hydrogen-bond acceptors (Lipinski definition) is 5. The molecule has 1 heterocycles. The number of hydrogen-bond donors (Lipinski definition) is 0. The Labute approximate surface area is 80.9 Å². The maximum atomic E-state index is 11.3. The fourth-order valence-corrected chi connectivity index (χ4v) is 0.813. The Morgan fingerprint density at radius 3 is 2.46 bits per heavy atom. The van der Waals surface area contributed by atoms with Crippen LogP contribution in [-0.4, -0.2) is 22.3 Å². The van der Waals surface area contributed by atoms with Gasteiger partial charge in [0.15, 0.2) is 4.99 Å². The maximum absolute atomic E-state index is 11.3. The molecule has 0 aromatic rings. The third-order valence-electron chi connectivity index (χ3n) is 1.08. The van der Waals surface area contributed by atoms with Crippen LogP contribution in [0.3, 0.4) is 0 Å². The Kier molecular flexibility index (Phi) is 2.51. The molecule has 0 amide bonds. The molecule has 0 aromatic carbocycles. The summed E-state index contributed by atoms with van der Waals surface area (Å²) in [5, 5.41) is 10.1. The van der Waals surface area contributed by atoms with E-state index in [0.717, 1.165) is 0 Å². The highest BCUT2D eigenvalue weighted by Gasteiger charge is 2.26. The van der Waals surface area contributed by atoms with E-state index in [0.29, 0.717) is 0 Å². The molecule has 70 valence electrons. The van der Waals surface area contributed by atoms with Crippen LogP contribution in [0.1, 0.15) is 20.8 Å². The molecule has 0 aliphatic carbocycles. The van der Waals surface area contributed by atoms with Crippen LogP contribution in [0, 0.1) is 0 Å². The van der Waals surface area contributed by atoms with E-state index < -0.39 is 11.6 Å². The Bertz CT molecular complexity index is 314. The predicted octanol–water partition coefficient (Wildman–Crippen LogP) is 1.48. The third kappa shape index (κ3) is 2.66. The van der Waals surface area contributed by atoms with Gasteiger partial charge in [0.25, 0.3) is 0 Å². The van der Waals surface area contributed by atoms with Gasteiger partial charge < -0.3 is 4.74 Å². The quantitative estimate of drug-likeness (QED) is 0.474. The molecule has 0 saturated heterocycles. The van der Waals surface area contributed by atoms with Crippen LogP contribution in [0.4, 0.5) is 0 Å². The molecule has 0 bridgehead atoms. The summed E-state index contributed by atoms with van der Waals surface area (Å²) < 4.78 is 5.01. The maximum Gasteiger partial charge on any atom is 0.362 e. The first kappa shape index (κ1) is 9.91. The molecule has 0 spiro atoms. The second kappa shape index (κ2) is 3.29. The predicted molar refractivity (Wildman–Crippen MR) is 50.7 cm³/mol. The molecule has 1 aliphatic rings. The van der Waals surface area contributed by atoms with Crippen LogP contribution in [0.25, 0.3) is 0 Å². The smallest absolute Gasteiger partial charge is 0.362 e. The molecule has 6 heteroatoms. The van der Waals surface area contributed by atoms with E-state index in [1.54, 1.807) is 20.8 Å². The molecule has 1 rings (SSSR count). The van der Waals surface area contributed by atoms with Gasteiger partial charge in [-0.15, -0.1) is 10.2 Å². The summed E-state index contributed by atoms with van der Waals surface area (Å²) in [6.07, 6.45) is 0. The van der Waals surface area contributed by atoms with Crippen LogP contribution in [0.15, 0.2) is 15.4 Å². The van der Waals surface area contributed by atoms with Crippen molar-refractivity contribution in [1.29, 1.82) is 0 Å². The second-order valence-corrected chi connectivity index (χ2v) is 3.83. The number of carbonyl (C=O) groups is 1. The zero-order valence-corrected chi connectivity index (χ0v) is 8.38. The highest BCUT2D eigenvalue weighted by atomic mass is 32.1. The van der Waals surface area contributed by atoms with Crippen molar-refractivity contribution in [2.75, 3.05) is 0 Å². The summed E-state index contributed by atoms with van der Waals surface area (Å²) in [7, 11) is 0. The van der Waals surface area contributed by atoms with Gasteiger partial charge in [-0.05, 0) is 26.0 Å². The van der Waals surface area contributed by atoms with E-state index in [1.807, 2.05) is 0 Å². The average Bonchev–Trinajstić information content (AvgIpc) is 2.30. The number of esters is 1. The van der Waals surface area contributed by atoms with Crippen LogP contribution >= 0.6 is 12.2 Å². The Hall–Kier alpha value is -1.17. The highest BCUT2D eigenvalue weighted by Crippen LogP contribution is 2.10. The van der Waals surface area contributed by atoms with Gasteiger partial charge in [0.05, 0.1) is 0 Å². The molecule has 0 unspecified atom stereocenters. The first-order valence-electron chi connectivity index (χ1n) is 3.66. The Balaban J connectivity index is 2.66. The standard InChI is InChI=1S/C7H9N3O2S/c1-7(2,3)12-6(11)4-5(13)9-10-8-4/h1-3H3. The minimum Gasteiger partial charge on any atom is -0.455 e. The lowest BCUT2D eigenvalue weighted by Gasteiger charge is -2.18. The van der Waals surface area contributed by atoms with Gasteiger partial charge in [-0.3, -0.25) is 0 Å². The van der Waals surface area contributed by atoms with E-state index in [9.17, 15) is 4.79 Å². The molecule has 0 N–H and O–H groups in total. The number of thiocarbonyl (C=S) groups is 1. The van der Waals surface area contributed by atoms with Gasteiger partial charge in [-0.25, -0.2) is 4.79 Å². The monoisotopic (exact) mass is 199 g/mol. The molecule has 0 aromatic heterocycles. The SMILES string of the molecule is CC(C)(C)OC(=O)C1=NN=NC1=S. The number of ether oxygens (including phenoxy) is 1. The minimum absolute atomic E-state index is 0.00456. The molecular formula is C7H9N3O2S. The van der Waals surface area contributed by atoms with E-state index in [-0.39, 0.29) is 10.7 Å². The van der Waals surface area contributed by atoms with Gasteiger partial charge in [0.1, 0.15) is 5.60 Å². The van der Waals surface area contributed by atoms with Crippen molar-refractivity contribution in [3.63, 3.8) is 0 Å². The van der Waals surface area contributed by atoms with Crippen LogP contribution in [0.2, 0.25) is 0 Å². The lowest BCUT2D eigenvalue weighted by Crippen LogP contribution is -2.30. The van der Waals surface area contributed by atoms with Crippen molar-refractivity contribution in [2.45, 2.75) is 26.4 Å². The fraction of sp³-hybridized carbons (Fsp3) is 0.571. The Morgan fingerprint density at radius 2 is 2.08 bits per heavy atom. The number of rotatable bonds is 1. The second-order valence-electron chi connectivity index (χ2n) is 3.45.